The standard InChI is InChI=1S/C17H23F3N2O3S/c1-21(26(23,24)16-6-7-16)14-8-10-22(11-9-14)12-13-2-4-15(5-3-13)25-17(18,19)20/h2-5,14,16H,6-12H2,1H3. The van der Waals surface area contributed by atoms with Gasteiger partial charge in [-0.2, -0.15) is 0 Å². The lowest BCUT2D eigenvalue weighted by Gasteiger charge is -2.36. The highest BCUT2D eigenvalue weighted by Crippen LogP contribution is 2.33. The first-order chi connectivity index (χ1) is 12.1. The highest BCUT2D eigenvalue weighted by atomic mass is 32.2. The molecule has 1 aliphatic carbocycles. The molecule has 2 aliphatic rings. The van der Waals surface area contributed by atoms with Crippen molar-refractivity contribution in [1.29, 1.82) is 0 Å². The maximum Gasteiger partial charge on any atom is 0.573 e. The van der Waals surface area contributed by atoms with Crippen LogP contribution in [-0.2, 0) is 16.6 Å². The van der Waals surface area contributed by atoms with E-state index < -0.39 is 16.4 Å². The molecule has 3 rings (SSSR count). The van der Waals surface area contributed by atoms with Gasteiger partial charge in [-0.25, -0.2) is 12.7 Å². The summed E-state index contributed by atoms with van der Waals surface area (Å²) in [6.07, 6.45) is -1.63. The van der Waals surface area contributed by atoms with E-state index in [2.05, 4.69) is 9.64 Å². The summed E-state index contributed by atoms with van der Waals surface area (Å²) in [5.74, 6) is -0.230. The molecule has 2 fully saturated rings. The van der Waals surface area contributed by atoms with Crippen LogP contribution in [0.15, 0.2) is 24.3 Å². The molecular formula is C17H23F3N2O3S. The molecule has 1 aromatic carbocycles. The number of hydrogen-bond donors (Lipinski definition) is 0. The van der Waals surface area contributed by atoms with Gasteiger partial charge in [0.2, 0.25) is 10.0 Å². The first-order valence-corrected chi connectivity index (χ1v) is 10.2. The fourth-order valence-corrected chi connectivity index (χ4v) is 5.13. The monoisotopic (exact) mass is 392 g/mol. The summed E-state index contributed by atoms with van der Waals surface area (Å²) in [5, 5.41) is -0.192. The number of likely N-dealkylation sites (tertiary alicyclic amines) is 1. The van der Waals surface area contributed by atoms with Crippen molar-refractivity contribution in [3.63, 3.8) is 0 Å². The molecule has 0 spiro atoms. The molecule has 1 saturated heterocycles. The topological polar surface area (TPSA) is 49.9 Å². The van der Waals surface area contributed by atoms with E-state index in [4.69, 9.17) is 0 Å². The van der Waals surface area contributed by atoms with Crippen molar-refractivity contribution in [3.05, 3.63) is 29.8 Å². The van der Waals surface area contributed by atoms with Crippen LogP contribution in [0.1, 0.15) is 31.2 Å². The van der Waals surface area contributed by atoms with Crippen LogP contribution in [0.25, 0.3) is 0 Å². The molecule has 5 nitrogen and oxygen atoms in total. The third-order valence-electron chi connectivity index (χ3n) is 4.98. The van der Waals surface area contributed by atoms with Crippen LogP contribution >= 0.6 is 0 Å². The fraction of sp³-hybridized carbons (Fsp3) is 0.647. The van der Waals surface area contributed by atoms with Crippen molar-refractivity contribution >= 4 is 10.0 Å². The number of sulfonamides is 1. The molecule has 146 valence electrons. The average molecular weight is 392 g/mol. The van der Waals surface area contributed by atoms with Gasteiger partial charge in [0, 0.05) is 32.7 Å². The van der Waals surface area contributed by atoms with E-state index in [0.717, 1.165) is 44.3 Å². The molecule has 9 heteroatoms. The minimum Gasteiger partial charge on any atom is -0.406 e. The Morgan fingerprint density at radius 3 is 2.19 bits per heavy atom. The van der Waals surface area contributed by atoms with Crippen LogP contribution in [0.3, 0.4) is 0 Å². The Labute approximate surface area is 151 Å². The second-order valence-corrected chi connectivity index (χ2v) is 9.23. The highest BCUT2D eigenvalue weighted by Gasteiger charge is 2.41. The van der Waals surface area contributed by atoms with E-state index in [0.29, 0.717) is 6.54 Å². The second kappa shape index (κ2) is 7.36. The maximum absolute atomic E-state index is 12.3. The maximum atomic E-state index is 12.3. The number of hydrogen-bond acceptors (Lipinski definition) is 4. The first kappa shape index (κ1) is 19.4. The van der Waals surface area contributed by atoms with Crippen LogP contribution in [-0.4, -0.2) is 55.4 Å². The lowest BCUT2D eigenvalue weighted by atomic mass is 10.0. The third kappa shape index (κ3) is 4.89. The van der Waals surface area contributed by atoms with Gasteiger partial charge in [0.25, 0.3) is 0 Å². The summed E-state index contributed by atoms with van der Waals surface area (Å²) < 4.78 is 66.6. The second-order valence-electron chi connectivity index (χ2n) is 6.96. The fourth-order valence-electron chi connectivity index (χ4n) is 3.30. The summed E-state index contributed by atoms with van der Waals surface area (Å²) >= 11 is 0. The molecule has 0 N–H and O–H groups in total. The summed E-state index contributed by atoms with van der Waals surface area (Å²) in [6, 6.07) is 5.89. The Morgan fingerprint density at radius 2 is 1.69 bits per heavy atom. The van der Waals surface area contributed by atoms with Gasteiger partial charge in [-0.05, 0) is 43.4 Å². The zero-order chi connectivity index (χ0) is 18.9. The molecular weight excluding hydrogens is 369 g/mol. The Bertz CT molecular complexity index is 710. The lowest BCUT2D eigenvalue weighted by Crippen LogP contribution is -2.46. The molecule has 0 amide bonds. The van der Waals surface area contributed by atoms with Gasteiger partial charge in [0.1, 0.15) is 5.75 Å². The van der Waals surface area contributed by atoms with E-state index in [1.807, 2.05) is 0 Å². The Hall–Kier alpha value is -1.32. The van der Waals surface area contributed by atoms with Crippen molar-refractivity contribution in [3.8, 4) is 5.75 Å². The number of nitrogens with zero attached hydrogens (tertiary/aromatic N) is 2. The van der Waals surface area contributed by atoms with Gasteiger partial charge in [0.15, 0.2) is 0 Å². The summed E-state index contributed by atoms with van der Waals surface area (Å²) in [6.45, 7) is 2.14. The minimum atomic E-state index is -4.68. The number of halogens is 3. The molecule has 1 heterocycles. The van der Waals surface area contributed by atoms with Crippen molar-refractivity contribution in [1.82, 2.24) is 9.21 Å². The van der Waals surface area contributed by atoms with Gasteiger partial charge in [-0.15, -0.1) is 13.2 Å². The third-order valence-corrected chi connectivity index (χ3v) is 7.40. The minimum absolute atomic E-state index is 0.0272. The molecule has 0 bridgehead atoms. The zero-order valence-corrected chi connectivity index (χ0v) is 15.4. The van der Waals surface area contributed by atoms with Gasteiger partial charge >= 0.3 is 6.36 Å². The highest BCUT2D eigenvalue weighted by molar-refractivity contribution is 7.90. The Morgan fingerprint density at radius 1 is 1.12 bits per heavy atom. The van der Waals surface area contributed by atoms with Crippen LogP contribution < -0.4 is 4.74 Å². The normalized spacial score (nSPS) is 20.5. The van der Waals surface area contributed by atoms with Crippen molar-refractivity contribution in [2.75, 3.05) is 20.1 Å². The van der Waals surface area contributed by atoms with Crippen LogP contribution in [0.2, 0.25) is 0 Å². The van der Waals surface area contributed by atoms with Crippen molar-refractivity contribution < 1.29 is 26.3 Å². The molecule has 1 saturated carbocycles. The number of ether oxygens (including phenoxy) is 1. The van der Waals surface area contributed by atoms with Crippen LogP contribution in [0.5, 0.6) is 5.75 Å². The van der Waals surface area contributed by atoms with Gasteiger partial charge in [-0.3, -0.25) is 4.90 Å². The van der Waals surface area contributed by atoms with Gasteiger partial charge < -0.3 is 4.74 Å². The quantitative estimate of drug-likeness (QED) is 0.747. The van der Waals surface area contributed by atoms with E-state index in [9.17, 15) is 21.6 Å². The molecule has 26 heavy (non-hydrogen) atoms. The average Bonchev–Trinajstić information content (AvgIpc) is 3.41. The number of benzene rings is 1. The van der Waals surface area contributed by atoms with Gasteiger partial charge in [0.05, 0.1) is 5.25 Å². The molecule has 0 radical (unpaired) electrons. The summed E-state index contributed by atoms with van der Waals surface area (Å²) in [4.78, 5) is 2.19. The zero-order valence-electron chi connectivity index (χ0n) is 14.6. The van der Waals surface area contributed by atoms with E-state index in [-0.39, 0.29) is 17.0 Å². The lowest BCUT2D eigenvalue weighted by molar-refractivity contribution is -0.274. The Balaban J connectivity index is 1.49. The van der Waals surface area contributed by atoms with Gasteiger partial charge in [-0.1, -0.05) is 12.1 Å². The molecule has 0 aromatic heterocycles. The van der Waals surface area contributed by atoms with E-state index in [1.165, 1.54) is 12.1 Å². The van der Waals surface area contributed by atoms with Crippen molar-refractivity contribution in [2.24, 2.45) is 0 Å². The number of rotatable bonds is 6. The predicted molar refractivity (Wildman–Crippen MR) is 91.1 cm³/mol. The summed E-state index contributed by atoms with van der Waals surface area (Å²) in [7, 11) is -1.48. The number of piperidine rings is 1. The predicted octanol–water partition coefficient (Wildman–Crippen LogP) is 2.97. The molecule has 1 aliphatic heterocycles. The van der Waals surface area contributed by atoms with Crippen LogP contribution in [0, 0.1) is 0 Å². The molecule has 0 unspecified atom stereocenters. The summed E-state index contributed by atoms with van der Waals surface area (Å²) in [5.41, 5.74) is 0.900. The van der Waals surface area contributed by atoms with Crippen molar-refractivity contribution in [2.45, 2.75) is 49.9 Å². The Kier molecular flexibility index (Phi) is 5.50. The van der Waals surface area contributed by atoms with E-state index in [1.54, 1.807) is 23.5 Å². The SMILES string of the molecule is CN(C1CCN(Cc2ccc(OC(F)(F)F)cc2)CC1)S(=O)(=O)C1CC1. The van der Waals surface area contributed by atoms with E-state index >= 15 is 0 Å². The molecule has 0 atom stereocenters. The molecule has 1 aromatic rings. The number of alkyl halides is 3. The first-order valence-electron chi connectivity index (χ1n) is 8.69. The van der Waals surface area contributed by atoms with Crippen LogP contribution in [0.4, 0.5) is 13.2 Å². The smallest absolute Gasteiger partial charge is 0.406 e. The largest absolute Gasteiger partial charge is 0.573 e.